The summed E-state index contributed by atoms with van der Waals surface area (Å²) >= 11 is 0. The van der Waals surface area contributed by atoms with Crippen molar-refractivity contribution in [1.82, 2.24) is 4.90 Å². The van der Waals surface area contributed by atoms with E-state index < -0.39 is 9.84 Å². The molecular weight excluding hydrogens is 278 g/mol. The zero-order valence-electron chi connectivity index (χ0n) is 11.2. The van der Waals surface area contributed by atoms with E-state index in [1.165, 1.54) is 0 Å². The standard InChI is InChI=1S/C13H19N3O3S/c14-11-1-3-12(4-2-11)15-13(17)5-6-16-7-9-20(18,19)10-8-16/h1-4H,5-10,14H2,(H,15,17). The molecule has 0 bridgehead atoms. The highest BCUT2D eigenvalue weighted by molar-refractivity contribution is 7.91. The van der Waals surface area contributed by atoms with E-state index in [9.17, 15) is 13.2 Å². The number of sulfone groups is 1. The Hall–Kier alpha value is -1.60. The molecule has 0 aliphatic carbocycles. The Kier molecular flexibility index (Phi) is 4.61. The van der Waals surface area contributed by atoms with Crippen LogP contribution in [0.3, 0.4) is 0 Å². The van der Waals surface area contributed by atoms with Crippen molar-refractivity contribution in [1.29, 1.82) is 0 Å². The number of nitrogens with one attached hydrogen (secondary N) is 1. The van der Waals surface area contributed by atoms with Gasteiger partial charge in [0.15, 0.2) is 9.84 Å². The lowest BCUT2D eigenvalue weighted by molar-refractivity contribution is -0.116. The molecule has 3 N–H and O–H groups in total. The molecule has 0 saturated carbocycles. The number of carbonyl (C=O) groups is 1. The molecule has 6 nitrogen and oxygen atoms in total. The highest BCUT2D eigenvalue weighted by Crippen LogP contribution is 2.11. The third-order valence-electron chi connectivity index (χ3n) is 3.29. The van der Waals surface area contributed by atoms with Crippen LogP contribution in [0.2, 0.25) is 0 Å². The third kappa shape index (κ3) is 4.50. The molecule has 2 rings (SSSR count). The molecule has 1 aromatic rings. The van der Waals surface area contributed by atoms with Gasteiger partial charge in [-0.2, -0.15) is 0 Å². The quantitative estimate of drug-likeness (QED) is 0.781. The number of anilines is 2. The van der Waals surface area contributed by atoms with Gasteiger partial charge in [-0.25, -0.2) is 8.42 Å². The van der Waals surface area contributed by atoms with Crippen LogP contribution in [0.4, 0.5) is 11.4 Å². The molecule has 0 aromatic heterocycles. The predicted octanol–water partition coefficient (Wildman–Crippen LogP) is 0.328. The van der Waals surface area contributed by atoms with Gasteiger partial charge >= 0.3 is 0 Å². The lowest BCUT2D eigenvalue weighted by Gasteiger charge is -2.26. The Morgan fingerprint density at radius 3 is 2.40 bits per heavy atom. The fourth-order valence-corrected chi connectivity index (χ4v) is 3.30. The maximum absolute atomic E-state index is 11.8. The Labute approximate surface area is 118 Å². The Bertz CT molecular complexity index is 555. The monoisotopic (exact) mass is 297 g/mol. The van der Waals surface area contributed by atoms with E-state index >= 15 is 0 Å². The van der Waals surface area contributed by atoms with E-state index in [-0.39, 0.29) is 17.4 Å². The minimum Gasteiger partial charge on any atom is -0.399 e. The maximum atomic E-state index is 11.8. The van der Waals surface area contributed by atoms with Gasteiger partial charge in [0.25, 0.3) is 0 Å². The number of rotatable bonds is 4. The number of nitrogens with zero attached hydrogens (tertiary/aromatic N) is 1. The summed E-state index contributed by atoms with van der Waals surface area (Å²) in [4.78, 5) is 13.8. The van der Waals surface area contributed by atoms with Crippen LogP contribution in [0.25, 0.3) is 0 Å². The maximum Gasteiger partial charge on any atom is 0.225 e. The first-order chi connectivity index (χ1) is 9.44. The summed E-state index contributed by atoms with van der Waals surface area (Å²) in [5, 5.41) is 2.79. The van der Waals surface area contributed by atoms with Gasteiger partial charge in [-0.3, -0.25) is 4.79 Å². The normalized spacial score (nSPS) is 18.6. The van der Waals surface area contributed by atoms with Crippen molar-refractivity contribution < 1.29 is 13.2 Å². The number of nitrogens with two attached hydrogens (primary N) is 1. The molecule has 1 amide bonds. The number of hydrogen-bond donors (Lipinski definition) is 2. The second kappa shape index (κ2) is 6.23. The van der Waals surface area contributed by atoms with Crippen LogP contribution < -0.4 is 11.1 Å². The van der Waals surface area contributed by atoms with Gasteiger partial charge in [-0.15, -0.1) is 0 Å². The second-order valence-corrected chi connectivity index (χ2v) is 7.22. The average molecular weight is 297 g/mol. The topological polar surface area (TPSA) is 92.5 Å². The first kappa shape index (κ1) is 14.8. The van der Waals surface area contributed by atoms with Crippen molar-refractivity contribution in [2.75, 3.05) is 42.2 Å². The van der Waals surface area contributed by atoms with Crippen molar-refractivity contribution in [3.63, 3.8) is 0 Å². The third-order valence-corrected chi connectivity index (χ3v) is 4.90. The van der Waals surface area contributed by atoms with Crippen LogP contribution in [0.15, 0.2) is 24.3 Å². The van der Waals surface area contributed by atoms with Gasteiger partial charge < -0.3 is 16.0 Å². The lowest BCUT2D eigenvalue weighted by Crippen LogP contribution is -2.41. The number of nitrogen functional groups attached to an aromatic ring is 1. The minimum absolute atomic E-state index is 0.0804. The Morgan fingerprint density at radius 1 is 1.20 bits per heavy atom. The first-order valence-electron chi connectivity index (χ1n) is 6.53. The van der Waals surface area contributed by atoms with E-state index in [0.29, 0.717) is 37.4 Å². The van der Waals surface area contributed by atoms with Gasteiger partial charge in [0.05, 0.1) is 11.5 Å². The molecule has 0 spiro atoms. The smallest absolute Gasteiger partial charge is 0.225 e. The number of benzene rings is 1. The average Bonchev–Trinajstić information content (AvgIpc) is 2.40. The summed E-state index contributed by atoms with van der Waals surface area (Å²) in [5.74, 6) is 0.294. The second-order valence-electron chi connectivity index (χ2n) is 4.91. The molecule has 20 heavy (non-hydrogen) atoms. The Morgan fingerprint density at radius 2 is 1.80 bits per heavy atom. The van der Waals surface area contributed by atoms with Gasteiger partial charge in [0, 0.05) is 37.4 Å². The number of carbonyl (C=O) groups excluding carboxylic acids is 1. The summed E-state index contributed by atoms with van der Waals surface area (Å²) in [5.41, 5.74) is 6.93. The molecule has 1 aliphatic heterocycles. The van der Waals surface area contributed by atoms with Gasteiger partial charge in [0.1, 0.15) is 0 Å². The van der Waals surface area contributed by atoms with E-state index in [2.05, 4.69) is 5.32 Å². The Balaban J connectivity index is 1.74. The first-order valence-corrected chi connectivity index (χ1v) is 8.35. The highest BCUT2D eigenvalue weighted by Gasteiger charge is 2.21. The summed E-state index contributed by atoms with van der Waals surface area (Å²) in [7, 11) is -2.86. The molecule has 1 heterocycles. The van der Waals surface area contributed by atoms with Crippen molar-refractivity contribution in [2.45, 2.75) is 6.42 Å². The van der Waals surface area contributed by atoms with Gasteiger partial charge in [-0.1, -0.05) is 0 Å². The van der Waals surface area contributed by atoms with E-state index in [1.807, 2.05) is 4.90 Å². The van der Waals surface area contributed by atoms with E-state index in [4.69, 9.17) is 5.73 Å². The van der Waals surface area contributed by atoms with E-state index in [0.717, 1.165) is 0 Å². The van der Waals surface area contributed by atoms with Crippen molar-refractivity contribution >= 4 is 27.1 Å². The molecule has 7 heteroatoms. The molecule has 0 radical (unpaired) electrons. The fraction of sp³-hybridized carbons (Fsp3) is 0.462. The van der Waals surface area contributed by atoms with Crippen LogP contribution in [0.5, 0.6) is 0 Å². The molecular formula is C13H19N3O3S. The molecule has 0 atom stereocenters. The minimum atomic E-state index is -2.86. The van der Waals surface area contributed by atoms with Crippen molar-refractivity contribution in [2.24, 2.45) is 0 Å². The van der Waals surface area contributed by atoms with Crippen LogP contribution in [0.1, 0.15) is 6.42 Å². The van der Waals surface area contributed by atoms with Gasteiger partial charge in [-0.05, 0) is 24.3 Å². The van der Waals surface area contributed by atoms with Gasteiger partial charge in [0.2, 0.25) is 5.91 Å². The zero-order chi connectivity index (χ0) is 14.6. The van der Waals surface area contributed by atoms with Crippen molar-refractivity contribution in [3.8, 4) is 0 Å². The molecule has 0 unspecified atom stereocenters. The summed E-state index contributed by atoms with van der Waals surface area (Å²) in [6.07, 6.45) is 0.352. The molecule has 1 aliphatic rings. The fourth-order valence-electron chi connectivity index (χ4n) is 2.02. The summed E-state index contributed by atoms with van der Waals surface area (Å²) < 4.78 is 22.6. The number of amides is 1. The molecule has 1 fully saturated rings. The van der Waals surface area contributed by atoms with Crippen LogP contribution >= 0.6 is 0 Å². The number of hydrogen-bond acceptors (Lipinski definition) is 5. The molecule has 110 valence electrons. The van der Waals surface area contributed by atoms with Crippen LogP contribution in [-0.2, 0) is 14.6 Å². The lowest BCUT2D eigenvalue weighted by atomic mass is 10.2. The molecule has 1 saturated heterocycles. The SMILES string of the molecule is Nc1ccc(NC(=O)CCN2CCS(=O)(=O)CC2)cc1. The largest absolute Gasteiger partial charge is 0.399 e. The van der Waals surface area contributed by atoms with Crippen molar-refractivity contribution in [3.05, 3.63) is 24.3 Å². The predicted molar refractivity (Wildman–Crippen MR) is 79.2 cm³/mol. The summed E-state index contributed by atoms with van der Waals surface area (Å²) in [6.45, 7) is 1.60. The van der Waals surface area contributed by atoms with Crippen LogP contribution in [0, 0.1) is 0 Å². The zero-order valence-corrected chi connectivity index (χ0v) is 12.0. The summed E-state index contributed by atoms with van der Waals surface area (Å²) in [6, 6.07) is 6.96. The van der Waals surface area contributed by atoms with E-state index in [1.54, 1.807) is 24.3 Å². The molecule has 1 aromatic carbocycles. The van der Waals surface area contributed by atoms with Crippen LogP contribution in [-0.4, -0.2) is 50.4 Å². The highest BCUT2D eigenvalue weighted by atomic mass is 32.2.